The standard InChI is InChI=1S/C20H27FN2O/c21-17-7-1-14(2-8-17)9-11-23-12-10-18(13-23)22-20(24)19-15-3-4-16(19)6-5-15/h1-2,7-8,15-16,18-19H,3-6,9-13H2,(H,22,24). The molecule has 3 nitrogen and oxygen atoms in total. The van der Waals surface area contributed by atoms with Gasteiger partial charge in [0, 0.05) is 31.6 Å². The molecular formula is C20H27FN2O. The zero-order valence-electron chi connectivity index (χ0n) is 14.2. The van der Waals surface area contributed by atoms with E-state index in [2.05, 4.69) is 10.2 Å². The van der Waals surface area contributed by atoms with Crippen LogP contribution in [-0.4, -0.2) is 36.5 Å². The van der Waals surface area contributed by atoms with Crippen LogP contribution in [0.1, 0.15) is 37.7 Å². The van der Waals surface area contributed by atoms with Crippen LogP contribution in [0.15, 0.2) is 24.3 Å². The smallest absolute Gasteiger partial charge is 0.223 e. The van der Waals surface area contributed by atoms with E-state index in [0.717, 1.165) is 32.5 Å². The van der Waals surface area contributed by atoms with Crippen LogP contribution >= 0.6 is 0 Å². The average Bonchev–Trinajstić information content (AvgIpc) is 3.30. The van der Waals surface area contributed by atoms with Gasteiger partial charge in [-0.1, -0.05) is 12.1 Å². The first-order chi connectivity index (χ1) is 11.7. The van der Waals surface area contributed by atoms with E-state index >= 15 is 0 Å². The highest BCUT2D eigenvalue weighted by Gasteiger charge is 2.46. The summed E-state index contributed by atoms with van der Waals surface area (Å²) in [6.45, 7) is 2.98. The van der Waals surface area contributed by atoms with Crippen molar-refractivity contribution in [3.8, 4) is 0 Å². The van der Waals surface area contributed by atoms with Crippen LogP contribution in [-0.2, 0) is 11.2 Å². The first kappa shape index (κ1) is 16.1. The van der Waals surface area contributed by atoms with Gasteiger partial charge >= 0.3 is 0 Å². The summed E-state index contributed by atoms with van der Waals surface area (Å²) < 4.78 is 12.9. The van der Waals surface area contributed by atoms with E-state index in [1.807, 2.05) is 12.1 Å². The third-order valence-electron chi connectivity index (χ3n) is 6.38. The molecule has 1 aromatic carbocycles. The van der Waals surface area contributed by atoms with Gasteiger partial charge in [0.15, 0.2) is 0 Å². The monoisotopic (exact) mass is 330 g/mol. The molecule has 1 unspecified atom stereocenters. The van der Waals surface area contributed by atoms with E-state index in [4.69, 9.17) is 0 Å². The van der Waals surface area contributed by atoms with Crippen LogP contribution < -0.4 is 5.32 Å². The van der Waals surface area contributed by atoms with Crippen molar-refractivity contribution in [1.82, 2.24) is 10.2 Å². The Bertz CT molecular complexity index is 568. The predicted octanol–water partition coefficient (Wildman–Crippen LogP) is 2.99. The molecule has 3 fully saturated rings. The first-order valence-corrected chi connectivity index (χ1v) is 9.46. The molecule has 0 spiro atoms. The first-order valence-electron chi connectivity index (χ1n) is 9.46. The number of nitrogens with one attached hydrogen (secondary N) is 1. The van der Waals surface area contributed by atoms with Gasteiger partial charge in [0.25, 0.3) is 0 Å². The molecule has 2 bridgehead atoms. The largest absolute Gasteiger partial charge is 0.352 e. The Morgan fingerprint density at radius 2 is 1.75 bits per heavy atom. The van der Waals surface area contributed by atoms with E-state index < -0.39 is 0 Å². The minimum Gasteiger partial charge on any atom is -0.352 e. The Balaban J connectivity index is 1.23. The zero-order valence-corrected chi connectivity index (χ0v) is 14.2. The minimum atomic E-state index is -0.177. The summed E-state index contributed by atoms with van der Waals surface area (Å²) in [4.78, 5) is 15.0. The number of carbonyl (C=O) groups is 1. The Morgan fingerprint density at radius 1 is 1.08 bits per heavy atom. The number of rotatable bonds is 5. The quantitative estimate of drug-likeness (QED) is 0.900. The average molecular weight is 330 g/mol. The van der Waals surface area contributed by atoms with Crippen molar-refractivity contribution in [3.63, 3.8) is 0 Å². The maximum atomic E-state index is 12.9. The van der Waals surface area contributed by atoms with Crippen LogP contribution in [0.5, 0.6) is 0 Å². The van der Waals surface area contributed by atoms with Gasteiger partial charge in [-0.3, -0.25) is 4.79 Å². The molecule has 1 N–H and O–H groups in total. The van der Waals surface area contributed by atoms with Crippen molar-refractivity contribution < 1.29 is 9.18 Å². The lowest BCUT2D eigenvalue weighted by molar-refractivity contribution is -0.127. The maximum Gasteiger partial charge on any atom is 0.223 e. The molecule has 3 aliphatic rings. The molecule has 1 aliphatic heterocycles. The van der Waals surface area contributed by atoms with E-state index in [1.54, 1.807) is 0 Å². The van der Waals surface area contributed by atoms with Gasteiger partial charge in [0.1, 0.15) is 5.82 Å². The second kappa shape index (κ2) is 6.83. The van der Waals surface area contributed by atoms with Crippen LogP contribution in [0.25, 0.3) is 0 Å². The normalized spacial score (nSPS) is 32.4. The number of halogens is 1. The molecule has 1 heterocycles. The molecule has 4 heteroatoms. The highest BCUT2D eigenvalue weighted by Crippen LogP contribution is 2.49. The predicted molar refractivity (Wildman–Crippen MR) is 92.0 cm³/mol. The van der Waals surface area contributed by atoms with E-state index in [0.29, 0.717) is 29.7 Å². The molecule has 1 atom stereocenters. The number of fused-ring (bicyclic) bond motifs is 2. The second-order valence-corrected chi connectivity index (χ2v) is 7.87. The molecule has 24 heavy (non-hydrogen) atoms. The number of amides is 1. The molecule has 130 valence electrons. The molecule has 1 amide bonds. The fraction of sp³-hybridized carbons (Fsp3) is 0.650. The van der Waals surface area contributed by atoms with Crippen molar-refractivity contribution >= 4 is 5.91 Å². The van der Waals surface area contributed by atoms with Crippen molar-refractivity contribution in [3.05, 3.63) is 35.6 Å². The Hall–Kier alpha value is -1.42. The van der Waals surface area contributed by atoms with Gasteiger partial charge in [-0.25, -0.2) is 4.39 Å². The van der Waals surface area contributed by atoms with Gasteiger partial charge in [-0.2, -0.15) is 0 Å². The highest BCUT2D eigenvalue weighted by atomic mass is 19.1. The molecule has 1 saturated heterocycles. The molecule has 1 aromatic rings. The second-order valence-electron chi connectivity index (χ2n) is 7.87. The summed E-state index contributed by atoms with van der Waals surface area (Å²) in [5.74, 6) is 1.77. The minimum absolute atomic E-state index is 0.177. The third kappa shape index (κ3) is 3.34. The Morgan fingerprint density at radius 3 is 2.42 bits per heavy atom. The van der Waals surface area contributed by atoms with Gasteiger partial charge < -0.3 is 10.2 Å². The lowest BCUT2D eigenvalue weighted by Crippen LogP contribution is -2.42. The number of hydrogen-bond donors (Lipinski definition) is 1. The van der Waals surface area contributed by atoms with E-state index in [9.17, 15) is 9.18 Å². The van der Waals surface area contributed by atoms with Gasteiger partial charge in [0.05, 0.1) is 0 Å². The van der Waals surface area contributed by atoms with Crippen molar-refractivity contribution in [2.75, 3.05) is 19.6 Å². The third-order valence-corrected chi connectivity index (χ3v) is 6.38. The number of hydrogen-bond acceptors (Lipinski definition) is 2. The topological polar surface area (TPSA) is 32.3 Å². The van der Waals surface area contributed by atoms with Crippen molar-refractivity contribution in [2.24, 2.45) is 17.8 Å². The fourth-order valence-electron chi connectivity index (χ4n) is 5.07. The summed E-state index contributed by atoms with van der Waals surface area (Å²) in [6, 6.07) is 7.09. The molecular weight excluding hydrogens is 303 g/mol. The number of nitrogens with zero attached hydrogens (tertiary/aromatic N) is 1. The van der Waals surface area contributed by atoms with Gasteiger partial charge in [-0.05, 0) is 68.1 Å². The van der Waals surface area contributed by atoms with E-state index in [-0.39, 0.29) is 5.82 Å². The molecule has 0 radical (unpaired) electrons. The van der Waals surface area contributed by atoms with Crippen LogP contribution in [0.3, 0.4) is 0 Å². The molecule has 0 aromatic heterocycles. The number of carbonyl (C=O) groups excluding carboxylic acids is 1. The van der Waals surface area contributed by atoms with Crippen LogP contribution in [0.2, 0.25) is 0 Å². The summed E-state index contributed by atoms with van der Waals surface area (Å²) in [7, 11) is 0. The SMILES string of the molecule is O=C(NC1CCN(CCc2ccc(F)cc2)C1)C1C2CCC1CC2. The summed E-state index contributed by atoms with van der Waals surface area (Å²) in [5, 5.41) is 3.33. The highest BCUT2D eigenvalue weighted by molar-refractivity contribution is 5.80. The summed E-state index contributed by atoms with van der Waals surface area (Å²) >= 11 is 0. The van der Waals surface area contributed by atoms with Crippen molar-refractivity contribution in [2.45, 2.75) is 44.6 Å². The molecule has 2 saturated carbocycles. The molecule has 2 aliphatic carbocycles. The maximum absolute atomic E-state index is 12.9. The number of likely N-dealkylation sites (tertiary alicyclic amines) is 1. The van der Waals surface area contributed by atoms with Crippen LogP contribution in [0.4, 0.5) is 4.39 Å². The zero-order chi connectivity index (χ0) is 16.5. The van der Waals surface area contributed by atoms with Crippen LogP contribution in [0, 0.1) is 23.6 Å². The lowest BCUT2D eigenvalue weighted by Gasteiger charge is -2.20. The summed E-state index contributed by atoms with van der Waals surface area (Å²) in [6.07, 6.45) is 7.04. The van der Waals surface area contributed by atoms with E-state index in [1.165, 1.54) is 43.4 Å². The summed E-state index contributed by atoms with van der Waals surface area (Å²) in [5.41, 5.74) is 1.17. The number of benzene rings is 1. The molecule has 4 rings (SSSR count). The van der Waals surface area contributed by atoms with Crippen molar-refractivity contribution in [1.29, 1.82) is 0 Å². The van der Waals surface area contributed by atoms with Gasteiger partial charge in [-0.15, -0.1) is 0 Å². The van der Waals surface area contributed by atoms with Gasteiger partial charge in [0.2, 0.25) is 5.91 Å². The Labute approximate surface area is 143 Å². The Kier molecular flexibility index (Phi) is 4.57. The fourth-order valence-corrected chi connectivity index (χ4v) is 5.07. The lowest BCUT2D eigenvalue weighted by atomic mass is 9.96.